The van der Waals surface area contributed by atoms with Crippen molar-refractivity contribution in [1.29, 1.82) is 0 Å². The number of hydrogen-bond acceptors (Lipinski definition) is 2. The van der Waals surface area contributed by atoms with Crippen LogP contribution in [0.3, 0.4) is 0 Å². The highest BCUT2D eigenvalue weighted by atomic mass is 35.5. The maximum absolute atomic E-state index is 12.2. The van der Waals surface area contributed by atoms with Crippen molar-refractivity contribution in [3.05, 3.63) is 29.0 Å². The first-order valence-electron chi connectivity index (χ1n) is 5.59. The lowest BCUT2D eigenvalue weighted by atomic mass is 10.2. The summed E-state index contributed by atoms with van der Waals surface area (Å²) < 4.78 is 0. The van der Waals surface area contributed by atoms with Crippen LogP contribution in [0.5, 0.6) is 0 Å². The second-order valence-corrected chi connectivity index (χ2v) is 4.05. The van der Waals surface area contributed by atoms with Gasteiger partial charge in [0, 0.05) is 25.5 Å². The Bertz CT molecular complexity index is 349. The molecular weight excluding hydrogens is 224 g/mol. The van der Waals surface area contributed by atoms with Gasteiger partial charge in [-0.15, -0.1) is 0 Å². The molecule has 88 valence electrons. The number of carbonyl (C=O) groups excluding carboxylic acids is 1. The smallest absolute Gasteiger partial charge is 0.255 e. The monoisotopic (exact) mass is 240 g/mol. The summed E-state index contributed by atoms with van der Waals surface area (Å²) in [7, 11) is 0. The Balaban J connectivity index is 2.85. The maximum atomic E-state index is 12.2. The first-order chi connectivity index (χ1) is 7.70. The van der Waals surface area contributed by atoms with Crippen LogP contribution in [0.1, 0.15) is 37.0 Å². The Morgan fingerprint density at radius 3 is 2.50 bits per heavy atom. The molecule has 0 bridgehead atoms. The van der Waals surface area contributed by atoms with Gasteiger partial charge in [0.15, 0.2) is 0 Å². The topological polar surface area (TPSA) is 33.2 Å². The predicted octanol–water partition coefficient (Wildman–Crippen LogP) is 3.00. The van der Waals surface area contributed by atoms with Gasteiger partial charge in [0.1, 0.15) is 0 Å². The Morgan fingerprint density at radius 2 is 2.00 bits per heavy atom. The van der Waals surface area contributed by atoms with Gasteiger partial charge in [-0.05, 0) is 18.9 Å². The Morgan fingerprint density at radius 1 is 1.38 bits per heavy atom. The highest BCUT2D eigenvalue weighted by Gasteiger charge is 2.16. The highest BCUT2D eigenvalue weighted by molar-refractivity contribution is 6.33. The standard InChI is InChI=1S/C12H17ClN2O/c1-3-7-15(8-4-2)12(16)10-5-6-14-9-11(10)13/h5-6,9H,3-4,7-8H2,1-2H3. The van der Waals surface area contributed by atoms with Gasteiger partial charge >= 0.3 is 0 Å². The number of amides is 1. The molecule has 1 aromatic rings. The van der Waals surface area contributed by atoms with Crippen LogP contribution in [0.4, 0.5) is 0 Å². The fourth-order valence-corrected chi connectivity index (χ4v) is 1.77. The van der Waals surface area contributed by atoms with Crippen molar-refractivity contribution in [2.45, 2.75) is 26.7 Å². The third-order valence-electron chi connectivity index (χ3n) is 2.28. The van der Waals surface area contributed by atoms with Crippen LogP contribution < -0.4 is 0 Å². The molecule has 0 fully saturated rings. The average molecular weight is 241 g/mol. The van der Waals surface area contributed by atoms with Gasteiger partial charge in [-0.3, -0.25) is 9.78 Å². The van der Waals surface area contributed by atoms with E-state index in [1.165, 1.54) is 6.20 Å². The molecular formula is C12H17ClN2O. The molecule has 3 nitrogen and oxygen atoms in total. The molecule has 0 aliphatic rings. The molecule has 1 heterocycles. The second kappa shape index (κ2) is 6.48. The van der Waals surface area contributed by atoms with E-state index in [-0.39, 0.29) is 5.91 Å². The van der Waals surface area contributed by atoms with Crippen LogP contribution in [0, 0.1) is 0 Å². The zero-order valence-corrected chi connectivity index (χ0v) is 10.5. The number of pyridine rings is 1. The van der Waals surface area contributed by atoms with Gasteiger partial charge in [0.05, 0.1) is 10.6 Å². The molecule has 1 aromatic heterocycles. The summed E-state index contributed by atoms with van der Waals surface area (Å²) in [6.07, 6.45) is 5.00. The van der Waals surface area contributed by atoms with E-state index in [2.05, 4.69) is 18.8 Å². The van der Waals surface area contributed by atoms with E-state index in [0.717, 1.165) is 25.9 Å². The SMILES string of the molecule is CCCN(CCC)C(=O)c1ccncc1Cl. The molecule has 4 heteroatoms. The quantitative estimate of drug-likeness (QED) is 0.793. The van der Waals surface area contributed by atoms with Crippen molar-refractivity contribution in [1.82, 2.24) is 9.88 Å². The lowest BCUT2D eigenvalue weighted by Gasteiger charge is -2.21. The van der Waals surface area contributed by atoms with Crippen LogP contribution in [-0.2, 0) is 0 Å². The number of rotatable bonds is 5. The number of nitrogens with zero attached hydrogens (tertiary/aromatic N) is 2. The normalized spacial score (nSPS) is 10.2. The van der Waals surface area contributed by atoms with E-state index in [4.69, 9.17) is 11.6 Å². The summed E-state index contributed by atoms with van der Waals surface area (Å²) in [5.74, 6) is -0.00361. The van der Waals surface area contributed by atoms with Crippen molar-refractivity contribution in [3.63, 3.8) is 0 Å². The molecule has 1 rings (SSSR count). The Labute approximate surface area is 101 Å². The molecule has 0 saturated heterocycles. The van der Waals surface area contributed by atoms with Crippen molar-refractivity contribution in [2.24, 2.45) is 0 Å². The third kappa shape index (κ3) is 3.20. The van der Waals surface area contributed by atoms with Crippen LogP contribution in [-0.4, -0.2) is 28.9 Å². The highest BCUT2D eigenvalue weighted by Crippen LogP contribution is 2.16. The van der Waals surface area contributed by atoms with Gasteiger partial charge in [-0.25, -0.2) is 0 Å². The van der Waals surface area contributed by atoms with Crippen molar-refractivity contribution < 1.29 is 4.79 Å². The molecule has 0 unspecified atom stereocenters. The van der Waals surface area contributed by atoms with E-state index in [0.29, 0.717) is 10.6 Å². The van der Waals surface area contributed by atoms with Gasteiger partial charge in [-0.1, -0.05) is 25.4 Å². The fourth-order valence-electron chi connectivity index (χ4n) is 1.57. The van der Waals surface area contributed by atoms with Crippen molar-refractivity contribution in [3.8, 4) is 0 Å². The molecule has 0 aromatic carbocycles. The van der Waals surface area contributed by atoms with E-state index < -0.39 is 0 Å². The van der Waals surface area contributed by atoms with Gasteiger partial charge in [0.2, 0.25) is 0 Å². The largest absolute Gasteiger partial charge is 0.339 e. The minimum Gasteiger partial charge on any atom is -0.339 e. The summed E-state index contributed by atoms with van der Waals surface area (Å²) in [5.41, 5.74) is 0.540. The van der Waals surface area contributed by atoms with Crippen LogP contribution in [0.2, 0.25) is 5.02 Å². The third-order valence-corrected chi connectivity index (χ3v) is 2.58. The number of carbonyl (C=O) groups is 1. The van der Waals surface area contributed by atoms with Crippen LogP contribution in [0.15, 0.2) is 18.5 Å². The molecule has 0 saturated carbocycles. The van der Waals surface area contributed by atoms with Crippen molar-refractivity contribution in [2.75, 3.05) is 13.1 Å². The zero-order chi connectivity index (χ0) is 12.0. The van der Waals surface area contributed by atoms with E-state index in [9.17, 15) is 4.79 Å². The summed E-state index contributed by atoms with van der Waals surface area (Å²) in [5, 5.41) is 0.421. The lowest BCUT2D eigenvalue weighted by Crippen LogP contribution is -2.32. The number of aromatic nitrogens is 1. The Kier molecular flexibility index (Phi) is 5.26. The van der Waals surface area contributed by atoms with E-state index in [1.807, 2.05) is 4.90 Å². The molecule has 0 aliphatic carbocycles. The predicted molar refractivity (Wildman–Crippen MR) is 65.7 cm³/mol. The molecule has 0 aliphatic heterocycles. The fraction of sp³-hybridized carbons (Fsp3) is 0.500. The Hall–Kier alpha value is -1.09. The lowest BCUT2D eigenvalue weighted by molar-refractivity contribution is 0.0755. The van der Waals surface area contributed by atoms with E-state index >= 15 is 0 Å². The van der Waals surface area contributed by atoms with Gasteiger partial charge < -0.3 is 4.90 Å². The van der Waals surface area contributed by atoms with Crippen molar-refractivity contribution >= 4 is 17.5 Å². The number of halogens is 1. The molecule has 1 amide bonds. The molecule has 0 atom stereocenters. The minimum atomic E-state index is -0.00361. The molecule has 0 radical (unpaired) electrons. The maximum Gasteiger partial charge on any atom is 0.255 e. The summed E-state index contributed by atoms with van der Waals surface area (Å²) in [6.45, 7) is 5.66. The average Bonchev–Trinajstić information content (AvgIpc) is 2.28. The first-order valence-corrected chi connectivity index (χ1v) is 5.97. The minimum absolute atomic E-state index is 0.00361. The summed E-state index contributed by atoms with van der Waals surface area (Å²) in [4.78, 5) is 17.9. The molecule has 0 N–H and O–H groups in total. The first kappa shape index (κ1) is 13.0. The van der Waals surface area contributed by atoms with Crippen LogP contribution >= 0.6 is 11.6 Å². The van der Waals surface area contributed by atoms with E-state index in [1.54, 1.807) is 12.3 Å². The second-order valence-electron chi connectivity index (χ2n) is 3.65. The molecule has 0 spiro atoms. The van der Waals surface area contributed by atoms with Gasteiger partial charge in [0.25, 0.3) is 5.91 Å². The van der Waals surface area contributed by atoms with Crippen LogP contribution in [0.25, 0.3) is 0 Å². The number of hydrogen-bond donors (Lipinski definition) is 0. The summed E-state index contributed by atoms with van der Waals surface area (Å²) >= 11 is 5.95. The summed E-state index contributed by atoms with van der Waals surface area (Å²) in [6, 6.07) is 1.67. The zero-order valence-electron chi connectivity index (χ0n) is 9.74. The molecule has 16 heavy (non-hydrogen) atoms. The van der Waals surface area contributed by atoms with Gasteiger partial charge in [-0.2, -0.15) is 0 Å².